The van der Waals surface area contributed by atoms with E-state index in [1.54, 1.807) is 16.8 Å². The van der Waals surface area contributed by atoms with Crippen molar-refractivity contribution in [3.63, 3.8) is 0 Å². The highest BCUT2D eigenvalue weighted by molar-refractivity contribution is 7.12. The Labute approximate surface area is 202 Å². The Morgan fingerprint density at radius 3 is 2.51 bits per heavy atom. The summed E-state index contributed by atoms with van der Waals surface area (Å²) in [5.41, 5.74) is 9.03. The minimum atomic E-state index is -4.17. The molecule has 5 rings (SSSR count). The van der Waals surface area contributed by atoms with Crippen molar-refractivity contribution in [1.29, 1.82) is 0 Å². The van der Waals surface area contributed by atoms with Gasteiger partial charge >= 0.3 is 6.18 Å². The van der Waals surface area contributed by atoms with Crippen LogP contribution in [0.5, 0.6) is 0 Å². The Balaban J connectivity index is 1.29. The van der Waals surface area contributed by atoms with Gasteiger partial charge in [0.05, 0.1) is 23.3 Å². The van der Waals surface area contributed by atoms with Crippen molar-refractivity contribution >= 4 is 40.1 Å². The summed E-state index contributed by atoms with van der Waals surface area (Å²) >= 11 is 1.25. The summed E-state index contributed by atoms with van der Waals surface area (Å²) in [7, 11) is 0. The molecule has 4 aromatic rings. The van der Waals surface area contributed by atoms with E-state index in [1.807, 2.05) is 29.6 Å². The normalized spacial score (nSPS) is 15.0. The van der Waals surface area contributed by atoms with Gasteiger partial charge in [-0.05, 0) is 30.3 Å². The van der Waals surface area contributed by atoms with Gasteiger partial charge in [-0.3, -0.25) is 9.69 Å². The second-order valence-corrected chi connectivity index (χ2v) is 9.01. The zero-order valence-corrected chi connectivity index (χ0v) is 19.2. The van der Waals surface area contributed by atoms with Gasteiger partial charge in [0, 0.05) is 48.5 Å². The zero-order chi connectivity index (χ0) is 24.6. The van der Waals surface area contributed by atoms with Gasteiger partial charge in [-0.25, -0.2) is 14.5 Å². The van der Waals surface area contributed by atoms with Gasteiger partial charge in [-0.1, -0.05) is 0 Å². The number of nitrogens with one attached hydrogen (secondary N) is 1. The molecule has 3 aromatic heterocycles. The second-order valence-electron chi connectivity index (χ2n) is 8.10. The summed E-state index contributed by atoms with van der Waals surface area (Å²) in [6.07, 6.45) is -1.10. The fraction of sp³-hybridized carbons (Fsp3) is 0.273. The molecule has 1 aliphatic heterocycles. The zero-order valence-electron chi connectivity index (χ0n) is 18.4. The van der Waals surface area contributed by atoms with Crippen LogP contribution in [-0.2, 0) is 0 Å². The van der Waals surface area contributed by atoms with Crippen LogP contribution in [-0.4, -0.2) is 69.3 Å². The second kappa shape index (κ2) is 9.15. The average Bonchev–Trinajstić information content (AvgIpc) is 3.50. The van der Waals surface area contributed by atoms with E-state index in [0.717, 1.165) is 16.9 Å². The number of piperazine rings is 1. The number of hydrogen-bond donors (Lipinski definition) is 2. The van der Waals surface area contributed by atoms with Crippen LogP contribution < -0.4 is 16.0 Å². The maximum absolute atomic E-state index is 12.6. The lowest BCUT2D eigenvalue weighted by atomic mass is 10.2. The van der Waals surface area contributed by atoms with Gasteiger partial charge in [0.2, 0.25) is 0 Å². The molecule has 4 heterocycles. The standard InChI is InChI=1S/C22H21F3N8OS/c23-22(24,25)12-31-5-7-32(8-6-31)16-3-1-15(2-4-16)30-20-21-28-13-29-33(21)17(10-27-20)14-9-18(19(26)34)35-11-14/h1-4,9-11,13H,5-8,12H2,(H2,26,34)(H,27,30). The number of nitrogens with zero attached hydrogens (tertiary/aromatic N) is 6. The van der Waals surface area contributed by atoms with Crippen molar-refractivity contribution < 1.29 is 18.0 Å². The number of amides is 1. The van der Waals surface area contributed by atoms with E-state index in [4.69, 9.17) is 5.73 Å². The molecule has 35 heavy (non-hydrogen) atoms. The molecule has 3 N–H and O–H groups in total. The third kappa shape index (κ3) is 5.05. The highest BCUT2D eigenvalue weighted by Crippen LogP contribution is 2.29. The van der Waals surface area contributed by atoms with Gasteiger partial charge in [-0.2, -0.15) is 18.3 Å². The lowest BCUT2D eigenvalue weighted by molar-refractivity contribution is -0.146. The molecule has 1 saturated heterocycles. The minimum absolute atomic E-state index is 0.367. The Hall–Kier alpha value is -3.71. The van der Waals surface area contributed by atoms with Gasteiger partial charge in [0.25, 0.3) is 5.91 Å². The Morgan fingerprint density at radius 1 is 1.11 bits per heavy atom. The number of hydrogen-bond acceptors (Lipinski definition) is 8. The number of carbonyl (C=O) groups is 1. The predicted octanol–water partition coefficient (Wildman–Crippen LogP) is 3.38. The Morgan fingerprint density at radius 2 is 1.86 bits per heavy atom. The number of fused-ring (bicyclic) bond motifs is 1. The van der Waals surface area contributed by atoms with Gasteiger partial charge in [0.1, 0.15) is 6.33 Å². The summed E-state index contributed by atoms with van der Waals surface area (Å²) in [6, 6.07) is 9.32. The van der Waals surface area contributed by atoms with Crippen LogP contribution in [0.15, 0.2) is 48.2 Å². The number of nitrogens with two attached hydrogens (primary N) is 1. The summed E-state index contributed by atoms with van der Waals surface area (Å²) in [5.74, 6) is 0.0130. The first kappa shape index (κ1) is 23.1. The fourth-order valence-corrected chi connectivity index (χ4v) is 4.77. The topological polar surface area (TPSA) is 105 Å². The third-order valence-electron chi connectivity index (χ3n) is 5.71. The van der Waals surface area contributed by atoms with E-state index in [-0.39, 0.29) is 0 Å². The molecule has 0 aliphatic carbocycles. The molecule has 9 nitrogen and oxygen atoms in total. The summed E-state index contributed by atoms with van der Waals surface area (Å²) in [6.45, 7) is 0.932. The molecule has 1 fully saturated rings. The van der Waals surface area contributed by atoms with Crippen LogP contribution in [0.25, 0.3) is 16.9 Å². The summed E-state index contributed by atoms with van der Waals surface area (Å²) < 4.78 is 39.5. The largest absolute Gasteiger partial charge is 0.401 e. The van der Waals surface area contributed by atoms with Crippen LogP contribution in [0, 0.1) is 0 Å². The van der Waals surface area contributed by atoms with Crippen molar-refractivity contribution in [2.75, 3.05) is 42.9 Å². The lowest BCUT2D eigenvalue weighted by Crippen LogP contribution is -2.49. The fourth-order valence-electron chi connectivity index (χ4n) is 4.01. The van der Waals surface area contributed by atoms with Gasteiger partial charge in [-0.15, -0.1) is 11.3 Å². The quantitative estimate of drug-likeness (QED) is 0.417. The number of benzene rings is 1. The number of carbonyl (C=O) groups excluding carboxylic acids is 1. The molecule has 1 aromatic carbocycles. The van der Waals surface area contributed by atoms with E-state index in [0.29, 0.717) is 48.2 Å². The van der Waals surface area contributed by atoms with E-state index in [9.17, 15) is 18.0 Å². The van der Waals surface area contributed by atoms with E-state index in [2.05, 4.69) is 25.3 Å². The number of primary amides is 1. The molecule has 0 radical (unpaired) electrons. The maximum Gasteiger partial charge on any atom is 0.401 e. The maximum atomic E-state index is 12.6. The highest BCUT2D eigenvalue weighted by Gasteiger charge is 2.32. The van der Waals surface area contributed by atoms with Crippen molar-refractivity contribution in [1.82, 2.24) is 24.5 Å². The molecule has 0 atom stereocenters. The lowest BCUT2D eigenvalue weighted by Gasteiger charge is -2.36. The van der Waals surface area contributed by atoms with Crippen LogP contribution in [0.4, 0.5) is 30.4 Å². The number of halogens is 3. The Kier molecular flexibility index (Phi) is 6.03. The molecule has 13 heteroatoms. The highest BCUT2D eigenvalue weighted by atomic mass is 32.1. The SMILES string of the molecule is NC(=O)c1cc(-c2cnc(Nc3ccc(N4CCN(CC(F)(F)F)CC4)cc3)c3ncnn23)cs1. The smallest absolute Gasteiger partial charge is 0.369 e. The van der Waals surface area contributed by atoms with Crippen LogP contribution in [0.2, 0.25) is 0 Å². The molecule has 1 aliphatic rings. The molecule has 0 bridgehead atoms. The average molecular weight is 503 g/mol. The molecular formula is C22H21F3N8OS. The molecule has 0 saturated carbocycles. The number of aromatic nitrogens is 4. The van der Waals surface area contributed by atoms with E-state index in [1.165, 1.54) is 22.6 Å². The van der Waals surface area contributed by atoms with Crippen LogP contribution >= 0.6 is 11.3 Å². The van der Waals surface area contributed by atoms with Crippen LogP contribution in [0.3, 0.4) is 0 Å². The molecule has 0 unspecified atom stereocenters. The van der Waals surface area contributed by atoms with Crippen molar-refractivity contribution in [3.05, 3.63) is 53.1 Å². The first-order valence-electron chi connectivity index (χ1n) is 10.8. The monoisotopic (exact) mass is 502 g/mol. The van der Waals surface area contributed by atoms with Gasteiger partial charge < -0.3 is 16.0 Å². The van der Waals surface area contributed by atoms with Crippen molar-refractivity contribution in [2.45, 2.75) is 6.18 Å². The third-order valence-corrected chi connectivity index (χ3v) is 6.66. The number of anilines is 3. The van der Waals surface area contributed by atoms with Crippen molar-refractivity contribution in [2.24, 2.45) is 5.73 Å². The first-order valence-corrected chi connectivity index (χ1v) is 11.6. The Bertz CT molecular complexity index is 1340. The van der Waals surface area contributed by atoms with E-state index >= 15 is 0 Å². The summed E-state index contributed by atoms with van der Waals surface area (Å²) in [4.78, 5) is 24.2. The minimum Gasteiger partial charge on any atom is -0.369 e. The summed E-state index contributed by atoms with van der Waals surface area (Å²) in [5, 5.41) is 9.34. The molecule has 1 amide bonds. The number of rotatable bonds is 6. The van der Waals surface area contributed by atoms with E-state index < -0.39 is 18.6 Å². The molecular weight excluding hydrogens is 481 g/mol. The molecule has 182 valence electrons. The van der Waals surface area contributed by atoms with Crippen LogP contribution in [0.1, 0.15) is 9.67 Å². The van der Waals surface area contributed by atoms with Crippen molar-refractivity contribution in [3.8, 4) is 11.3 Å². The van der Waals surface area contributed by atoms with Gasteiger partial charge in [0.15, 0.2) is 11.5 Å². The predicted molar refractivity (Wildman–Crippen MR) is 127 cm³/mol. The molecule has 0 spiro atoms. The number of alkyl halides is 3. The first-order chi connectivity index (χ1) is 16.8. The number of thiophene rings is 1.